The highest BCUT2D eigenvalue weighted by Crippen LogP contribution is 2.31. The molecule has 2 atom stereocenters. The molecule has 1 aliphatic rings. The maximum absolute atomic E-state index is 12.2. The number of hydrogen-bond donors (Lipinski definition) is 1. The second kappa shape index (κ2) is 5.13. The van der Waals surface area contributed by atoms with E-state index in [1.165, 1.54) is 0 Å². The van der Waals surface area contributed by atoms with Crippen molar-refractivity contribution in [1.29, 1.82) is 0 Å². The molecule has 0 aliphatic heterocycles. The van der Waals surface area contributed by atoms with Gasteiger partial charge in [-0.3, -0.25) is 9.59 Å². The van der Waals surface area contributed by atoms with E-state index in [4.69, 9.17) is 5.11 Å². The van der Waals surface area contributed by atoms with Crippen molar-refractivity contribution in [2.75, 3.05) is 0 Å². The number of hydrogen-bond acceptors (Lipinski definition) is 2. The summed E-state index contributed by atoms with van der Waals surface area (Å²) in [5.41, 5.74) is 0.698. The van der Waals surface area contributed by atoms with E-state index in [0.717, 1.165) is 12.8 Å². The minimum absolute atomic E-state index is 0.0940. The molecule has 1 aliphatic carbocycles. The van der Waals surface area contributed by atoms with Gasteiger partial charge in [-0.15, -0.1) is 0 Å². The highest BCUT2D eigenvalue weighted by Gasteiger charge is 2.31. The minimum Gasteiger partial charge on any atom is -0.481 e. The molecule has 0 spiro atoms. The van der Waals surface area contributed by atoms with Crippen LogP contribution in [0.1, 0.15) is 36.0 Å². The Morgan fingerprint density at radius 2 is 1.71 bits per heavy atom. The molecule has 0 radical (unpaired) electrons. The summed E-state index contributed by atoms with van der Waals surface area (Å²) in [7, 11) is 0. The molecule has 3 heteroatoms. The Balaban J connectivity index is 2.07. The first-order chi connectivity index (χ1) is 8.18. The maximum Gasteiger partial charge on any atom is 0.306 e. The predicted octanol–water partition coefficient (Wildman–Crippen LogP) is 2.76. The molecular formula is C14H16O3. The predicted molar refractivity (Wildman–Crippen MR) is 63.9 cm³/mol. The Morgan fingerprint density at radius 3 is 2.35 bits per heavy atom. The monoisotopic (exact) mass is 232 g/mol. The van der Waals surface area contributed by atoms with Crippen molar-refractivity contribution >= 4 is 11.8 Å². The van der Waals surface area contributed by atoms with Crippen LogP contribution in [0.3, 0.4) is 0 Å². The highest BCUT2D eigenvalue weighted by atomic mass is 16.4. The number of carbonyl (C=O) groups is 2. The second-order valence-electron chi connectivity index (χ2n) is 4.63. The standard InChI is InChI=1S/C14H16O3/c15-13(10-5-2-1-3-6-10)11-7-4-8-12(9-11)14(16)17/h1-3,5-6,11-12H,4,7-9H2,(H,16,17)/t11-,12+/m0/s1. The number of ketones is 1. The molecule has 17 heavy (non-hydrogen) atoms. The van der Waals surface area contributed by atoms with Crippen LogP contribution in [0.25, 0.3) is 0 Å². The smallest absolute Gasteiger partial charge is 0.306 e. The fourth-order valence-electron chi connectivity index (χ4n) is 2.49. The molecule has 90 valence electrons. The van der Waals surface area contributed by atoms with Crippen molar-refractivity contribution in [3.63, 3.8) is 0 Å². The number of rotatable bonds is 3. The van der Waals surface area contributed by atoms with Gasteiger partial charge >= 0.3 is 5.97 Å². The van der Waals surface area contributed by atoms with E-state index in [2.05, 4.69) is 0 Å². The van der Waals surface area contributed by atoms with Crippen LogP contribution in [-0.2, 0) is 4.79 Å². The van der Waals surface area contributed by atoms with E-state index < -0.39 is 5.97 Å². The number of carboxylic acid groups (broad SMARTS) is 1. The quantitative estimate of drug-likeness (QED) is 0.815. The van der Waals surface area contributed by atoms with Gasteiger partial charge in [-0.1, -0.05) is 36.8 Å². The minimum atomic E-state index is -0.768. The normalized spacial score (nSPS) is 24.2. The maximum atomic E-state index is 12.2. The van der Waals surface area contributed by atoms with E-state index in [0.29, 0.717) is 18.4 Å². The molecule has 0 bridgehead atoms. The van der Waals surface area contributed by atoms with Crippen LogP contribution in [0.15, 0.2) is 30.3 Å². The Morgan fingerprint density at radius 1 is 1.06 bits per heavy atom. The van der Waals surface area contributed by atoms with Crippen molar-refractivity contribution in [2.45, 2.75) is 25.7 Å². The summed E-state index contributed by atoms with van der Waals surface area (Å²) < 4.78 is 0. The molecule has 0 saturated heterocycles. The van der Waals surface area contributed by atoms with Crippen molar-refractivity contribution in [3.8, 4) is 0 Å². The summed E-state index contributed by atoms with van der Waals surface area (Å²) in [5.74, 6) is -1.14. The summed E-state index contributed by atoms with van der Waals surface area (Å²) >= 11 is 0. The molecule has 0 amide bonds. The van der Waals surface area contributed by atoms with Crippen LogP contribution >= 0.6 is 0 Å². The van der Waals surface area contributed by atoms with E-state index in [1.54, 1.807) is 12.1 Å². The van der Waals surface area contributed by atoms with Crippen LogP contribution in [0, 0.1) is 11.8 Å². The molecule has 1 fully saturated rings. The Bertz CT molecular complexity index is 411. The van der Waals surface area contributed by atoms with Gasteiger partial charge in [0.25, 0.3) is 0 Å². The van der Waals surface area contributed by atoms with Crippen LogP contribution in [0.5, 0.6) is 0 Å². The lowest BCUT2D eigenvalue weighted by molar-refractivity contribution is -0.143. The van der Waals surface area contributed by atoms with Crippen molar-refractivity contribution in [1.82, 2.24) is 0 Å². The molecule has 0 unspecified atom stereocenters. The Hall–Kier alpha value is -1.64. The van der Waals surface area contributed by atoms with Crippen LogP contribution in [-0.4, -0.2) is 16.9 Å². The summed E-state index contributed by atoms with van der Waals surface area (Å²) in [6.07, 6.45) is 2.84. The Kier molecular flexibility index (Phi) is 3.57. The van der Waals surface area contributed by atoms with Gasteiger partial charge in [-0.2, -0.15) is 0 Å². The third-order valence-corrected chi connectivity index (χ3v) is 3.45. The molecule has 1 aromatic rings. The first-order valence-corrected chi connectivity index (χ1v) is 6.00. The first-order valence-electron chi connectivity index (χ1n) is 6.00. The third-order valence-electron chi connectivity index (χ3n) is 3.45. The SMILES string of the molecule is O=C(O)[C@@H]1CCC[C@H](C(=O)c2ccccc2)C1. The summed E-state index contributed by atoms with van der Waals surface area (Å²) in [6.45, 7) is 0. The molecule has 1 N–H and O–H groups in total. The molecule has 1 aromatic carbocycles. The number of Topliss-reactive ketones (excluding diaryl/α,β-unsaturated/α-hetero) is 1. The lowest BCUT2D eigenvalue weighted by Gasteiger charge is -2.25. The van der Waals surface area contributed by atoms with Gasteiger partial charge in [0.1, 0.15) is 0 Å². The molecule has 2 rings (SSSR count). The zero-order valence-corrected chi connectivity index (χ0v) is 9.63. The van der Waals surface area contributed by atoms with Crippen LogP contribution < -0.4 is 0 Å². The van der Waals surface area contributed by atoms with Crippen molar-refractivity contribution in [3.05, 3.63) is 35.9 Å². The van der Waals surface area contributed by atoms with E-state index >= 15 is 0 Å². The average Bonchev–Trinajstić information content (AvgIpc) is 2.39. The van der Waals surface area contributed by atoms with E-state index in [9.17, 15) is 9.59 Å². The van der Waals surface area contributed by atoms with Gasteiger partial charge in [0.2, 0.25) is 0 Å². The number of aliphatic carboxylic acids is 1. The fraction of sp³-hybridized carbons (Fsp3) is 0.429. The Labute approximate surface area is 100 Å². The number of carboxylic acids is 1. The van der Waals surface area contributed by atoms with Gasteiger partial charge in [0.15, 0.2) is 5.78 Å². The second-order valence-corrected chi connectivity index (χ2v) is 4.63. The van der Waals surface area contributed by atoms with E-state index in [1.807, 2.05) is 18.2 Å². The third kappa shape index (κ3) is 2.73. The molecular weight excluding hydrogens is 216 g/mol. The molecule has 3 nitrogen and oxygen atoms in total. The van der Waals surface area contributed by atoms with Crippen molar-refractivity contribution in [2.24, 2.45) is 11.8 Å². The van der Waals surface area contributed by atoms with Crippen LogP contribution in [0.4, 0.5) is 0 Å². The van der Waals surface area contributed by atoms with Gasteiger partial charge in [-0.05, 0) is 19.3 Å². The zero-order valence-electron chi connectivity index (χ0n) is 9.63. The summed E-state index contributed by atoms with van der Waals surface area (Å²) in [4.78, 5) is 23.1. The highest BCUT2D eigenvalue weighted by molar-refractivity contribution is 5.98. The number of carbonyl (C=O) groups excluding carboxylic acids is 1. The average molecular weight is 232 g/mol. The molecule has 0 heterocycles. The summed E-state index contributed by atoms with van der Waals surface area (Å²) in [5, 5.41) is 9.00. The largest absolute Gasteiger partial charge is 0.481 e. The lowest BCUT2D eigenvalue weighted by Crippen LogP contribution is -2.27. The van der Waals surface area contributed by atoms with Gasteiger partial charge in [0.05, 0.1) is 5.92 Å². The number of benzene rings is 1. The zero-order chi connectivity index (χ0) is 12.3. The van der Waals surface area contributed by atoms with Gasteiger partial charge in [0, 0.05) is 11.5 Å². The van der Waals surface area contributed by atoms with Gasteiger partial charge < -0.3 is 5.11 Å². The van der Waals surface area contributed by atoms with Crippen LogP contribution in [0.2, 0.25) is 0 Å². The van der Waals surface area contributed by atoms with Crippen molar-refractivity contribution < 1.29 is 14.7 Å². The molecule has 1 saturated carbocycles. The first kappa shape index (κ1) is 11.8. The summed E-state index contributed by atoms with van der Waals surface area (Å²) in [6, 6.07) is 9.15. The topological polar surface area (TPSA) is 54.4 Å². The van der Waals surface area contributed by atoms with E-state index in [-0.39, 0.29) is 17.6 Å². The fourth-order valence-corrected chi connectivity index (χ4v) is 2.49. The molecule has 0 aromatic heterocycles. The van der Waals surface area contributed by atoms with Gasteiger partial charge in [-0.25, -0.2) is 0 Å². The lowest BCUT2D eigenvalue weighted by atomic mass is 9.78.